The molecule has 2 amide bonds. The number of rotatable bonds is 4. The first-order valence-electron chi connectivity index (χ1n) is 12.6. The van der Waals surface area contributed by atoms with Gasteiger partial charge in [-0.15, -0.1) is 0 Å². The van der Waals surface area contributed by atoms with E-state index in [1.54, 1.807) is 0 Å². The molecule has 3 heterocycles. The minimum absolute atomic E-state index is 0.0234. The molecule has 0 spiro atoms. The zero-order valence-electron chi connectivity index (χ0n) is 20.1. The van der Waals surface area contributed by atoms with Crippen LogP contribution in [0.2, 0.25) is 0 Å². The topological polar surface area (TPSA) is 66.7 Å². The Bertz CT molecular complexity index is 1170. The molecule has 2 aliphatic heterocycles. The van der Waals surface area contributed by atoms with E-state index in [2.05, 4.69) is 11.9 Å². The van der Waals surface area contributed by atoms with Gasteiger partial charge in [-0.2, -0.15) is 0 Å². The van der Waals surface area contributed by atoms with Crippen LogP contribution >= 0.6 is 0 Å². The van der Waals surface area contributed by atoms with E-state index in [0.29, 0.717) is 47.5 Å². The number of hydrogen-bond donors (Lipinski definition) is 0. The summed E-state index contributed by atoms with van der Waals surface area (Å²) in [5.41, 5.74) is 4.10. The third-order valence-electron chi connectivity index (χ3n) is 7.52. The first-order valence-corrected chi connectivity index (χ1v) is 12.6. The van der Waals surface area contributed by atoms with Gasteiger partial charge in [-0.25, -0.2) is 4.98 Å². The van der Waals surface area contributed by atoms with Gasteiger partial charge in [0.2, 0.25) is 11.8 Å². The van der Waals surface area contributed by atoms with Crippen molar-refractivity contribution in [2.45, 2.75) is 46.0 Å². The lowest BCUT2D eigenvalue weighted by atomic mass is 9.84. The summed E-state index contributed by atoms with van der Waals surface area (Å²) in [6.45, 7) is 7.29. The maximum atomic E-state index is 13.2. The average Bonchev–Trinajstić information content (AvgIpc) is 3.32. The minimum Gasteiger partial charge on any atom is -0.436 e. The second kappa shape index (κ2) is 9.61. The van der Waals surface area contributed by atoms with Crippen LogP contribution in [-0.2, 0) is 4.79 Å². The molecule has 34 heavy (non-hydrogen) atoms. The van der Waals surface area contributed by atoms with Crippen molar-refractivity contribution < 1.29 is 14.0 Å². The third kappa shape index (κ3) is 4.59. The van der Waals surface area contributed by atoms with Crippen molar-refractivity contribution >= 4 is 22.9 Å². The molecule has 6 heteroatoms. The highest BCUT2D eigenvalue weighted by Crippen LogP contribution is 2.29. The van der Waals surface area contributed by atoms with Crippen LogP contribution in [0.4, 0.5) is 0 Å². The van der Waals surface area contributed by atoms with Crippen molar-refractivity contribution in [1.29, 1.82) is 0 Å². The van der Waals surface area contributed by atoms with Gasteiger partial charge in [0.05, 0.1) is 0 Å². The van der Waals surface area contributed by atoms with E-state index < -0.39 is 0 Å². The third-order valence-corrected chi connectivity index (χ3v) is 7.52. The maximum absolute atomic E-state index is 13.2. The van der Waals surface area contributed by atoms with Crippen LogP contribution in [-0.4, -0.2) is 52.8 Å². The first kappa shape index (κ1) is 22.6. The summed E-state index contributed by atoms with van der Waals surface area (Å²) in [4.78, 5) is 34.7. The molecule has 0 radical (unpaired) electrons. The Morgan fingerprint density at radius 1 is 0.941 bits per heavy atom. The van der Waals surface area contributed by atoms with Crippen molar-refractivity contribution in [3.63, 3.8) is 0 Å². The van der Waals surface area contributed by atoms with Gasteiger partial charge in [-0.1, -0.05) is 24.6 Å². The molecule has 0 aliphatic carbocycles. The number of carbonyl (C=O) groups is 2. The van der Waals surface area contributed by atoms with Gasteiger partial charge in [0.15, 0.2) is 5.58 Å². The molecule has 1 aromatic heterocycles. The molecule has 5 rings (SSSR count). The second-order valence-electron chi connectivity index (χ2n) is 9.87. The Kier molecular flexibility index (Phi) is 6.40. The summed E-state index contributed by atoms with van der Waals surface area (Å²) in [5.74, 6) is 1.25. The van der Waals surface area contributed by atoms with Crippen LogP contribution in [0.25, 0.3) is 22.6 Å². The largest absolute Gasteiger partial charge is 0.436 e. The van der Waals surface area contributed by atoms with Gasteiger partial charge in [0, 0.05) is 43.2 Å². The van der Waals surface area contributed by atoms with Gasteiger partial charge < -0.3 is 14.2 Å². The molecule has 0 bridgehead atoms. The van der Waals surface area contributed by atoms with Crippen LogP contribution in [0.15, 0.2) is 46.9 Å². The number of hydrogen-bond acceptors (Lipinski definition) is 4. The lowest BCUT2D eigenvalue weighted by molar-refractivity contribution is -0.138. The number of nitrogens with zero attached hydrogens (tertiary/aromatic N) is 3. The number of aromatic nitrogens is 1. The van der Waals surface area contributed by atoms with E-state index in [-0.39, 0.29) is 11.8 Å². The highest BCUT2D eigenvalue weighted by Gasteiger charge is 2.32. The second-order valence-corrected chi connectivity index (χ2v) is 9.87. The quantitative estimate of drug-likeness (QED) is 0.531. The molecule has 0 saturated carbocycles. The highest BCUT2D eigenvalue weighted by atomic mass is 16.3. The highest BCUT2D eigenvalue weighted by molar-refractivity contribution is 5.97. The van der Waals surface area contributed by atoms with E-state index in [4.69, 9.17) is 4.42 Å². The van der Waals surface area contributed by atoms with E-state index in [9.17, 15) is 9.59 Å². The number of amides is 2. The van der Waals surface area contributed by atoms with Crippen LogP contribution in [0.3, 0.4) is 0 Å². The SMILES string of the molecule is Cc1ccc(-c2nc3cc(C(=O)N4CCC([C@H](C)C(=O)N5CCCCC5)CC4)ccc3o2)cc1. The number of likely N-dealkylation sites (tertiary alicyclic amines) is 2. The lowest BCUT2D eigenvalue weighted by Crippen LogP contribution is -2.45. The summed E-state index contributed by atoms with van der Waals surface area (Å²) in [7, 11) is 0. The smallest absolute Gasteiger partial charge is 0.253 e. The van der Waals surface area contributed by atoms with Gasteiger partial charge >= 0.3 is 0 Å². The molecule has 3 aromatic rings. The summed E-state index contributed by atoms with van der Waals surface area (Å²) >= 11 is 0. The first-order chi connectivity index (χ1) is 16.5. The number of oxazole rings is 1. The van der Waals surface area contributed by atoms with Crippen molar-refractivity contribution in [1.82, 2.24) is 14.8 Å². The van der Waals surface area contributed by atoms with E-state index in [1.807, 2.05) is 59.2 Å². The minimum atomic E-state index is 0.0234. The van der Waals surface area contributed by atoms with Gasteiger partial charge in [0.25, 0.3) is 5.91 Å². The summed E-state index contributed by atoms with van der Waals surface area (Å²) < 4.78 is 5.92. The fraction of sp³-hybridized carbons (Fsp3) is 0.464. The number of carbonyl (C=O) groups excluding carboxylic acids is 2. The Labute approximate surface area is 200 Å². The average molecular weight is 460 g/mol. The number of benzene rings is 2. The van der Waals surface area contributed by atoms with E-state index in [1.165, 1.54) is 12.0 Å². The van der Waals surface area contributed by atoms with Crippen LogP contribution in [0, 0.1) is 18.8 Å². The Morgan fingerprint density at radius 2 is 1.65 bits per heavy atom. The molecule has 1 atom stereocenters. The van der Waals surface area contributed by atoms with Crippen molar-refractivity contribution in [3.8, 4) is 11.5 Å². The predicted molar refractivity (Wildman–Crippen MR) is 132 cm³/mol. The van der Waals surface area contributed by atoms with Gasteiger partial charge in [-0.05, 0) is 75.3 Å². The van der Waals surface area contributed by atoms with Crippen LogP contribution in [0.5, 0.6) is 0 Å². The molecule has 2 aromatic carbocycles. The molecule has 2 fully saturated rings. The van der Waals surface area contributed by atoms with E-state index in [0.717, 1.165) is 44.3 Å². The molecule has 6 nitrogen and oxygen atoms in total. The van der Waals surface area contributed by atoms with Gasteiger partial charge in [0.1, 0.15) is 5.52 Å². The zero-order chi connectivity index (χ0) is 23.7. The maximum Gasteiger partial charge on any atom is 0.253 e. The van der Waals surface area contributed by atoms with E-state index >= 15 is 0 Å². The van der Waals surface area contributed by atoms with Crippen molar-refractivity contribution in [3.05, 3.63) is 53.6 Å². The number of piperidine rings is 2. The molecular formula is C28H33N3O3. The van der Waals surface area contributed by atoms with Gasteiger partial charge in [-0.3, -0.25) is 9.59 Å². The molecule has 178 valence electrons. The number of aryl methyl sites for hydroxylation is 1. The Balaban J connectivity index is 1.23. The lowest BCUT2D eigenvalue weighted by Gasteiger charge is -2.37. The predicted octanol–water partition coefficient (Wildman–Crippen LogP) is 5.30. The molecule has 0 unspecified atom stereocenters. The monoisotopic (exact) mass is 459 g/mol. The molecule has 2 saturated heterocycles. The Morgan fingerprint density at radius 3 is 2.35 bits per heavy atom. The zero-order valence-corrected chi connectivity index (χ0v) is 20.1. The molecule has 0 N–H and O–H groups in total. The summed E-state index contributed by atoms with van der Waals surface area (Å²) in [6.07, 6.45) is 5.21. The van der Waals surface area contributed by atoms with Crippen molar-refractivity contribution in [2.24, 2.45) is 11.8 Å². The standard InChI is InChI=1S/C28H33N3O3/c1-19-6-8-22(9-7-19)26-29-24-18-23(10-11-25(24)34-26)28(33)31-16-12-21(13-17-31)20(2)27(32)30-14-4-3-5-15-30/h6-11,18,20-21H,3-5,12-17H2,1-2H3/t20-/m0/s1. The fourth-order valence-electron chi connectivity index (χ4n) is 5.27. The van der Waals surface area contributed by atoms with Crippen LogP contribution in [0.1, 0.15) is 54.9 Å². The normalized spacial score (nSPS) is 18.3. The number of fused-ring (bicyclic) bond motifs is 1. The fourth-order valence-corrected chi connectivity index (χ4v) is 5.27. The summed E-state index contributed by atoms with van der Waals surface area (Å²) in [6, 6.07) is 13.5. The Hall–Kier alpha value is -3.15. The van der Waals surface area contributed by atoms with Crippen LogP contribution < -0.4 is 0 Å². The molecule has 2 aliphatic rings. The summed E-state index contributed by atoms with van der Waals surface area (Å²) in [5, 5.41) is 0. The molecular weight excluding hydrogens is 426 g/mol. The van der Waals surface area contributed by atoms with Crippen molar-refractivity contribution in [2.75, 3.05) is 26.2 Å².